The van der Waals surface area contributed by atoms with Crippen LogP contribution in [0.4, 0.5) is 5.82 Å². The van der Waals surface area contributed by atoms with E-state index in [1.165, 1.54) is 5.56 Å². The highest BCUT2D eigenvalue weighted by atomic mass is 35.5. The lowest BCUT2D eigenvalue weighted by Crippen LogP contribution is -2.08. The number of anilines is 1. The summed E-state index contributed by atoms with van der Waals surface area (Å²) in [6.07, 6.45) is 1.59. The van der Waals surface area contributed by atoms with Crippen molar-refractivity contribution < 1.29 is 0 Å². The van der Waals surface area contributed by atoms with E-state index in [2.05, 4.69) is 22.2 Å². The molecule has 3 nitrogen and oxygen atoms in total. The molecule has 0 aliphatic rings. The lowest BCUT2D eigenvalue weighted by Gasteiger charge is -2.15. The van der Waals surface area contributed by atoms with Crippen molar-refractivity contribution in [3.05, 3.63) is 52.6 Å². The van der Waals surface area contributed by atoms with Crippen molar-refractivity contribution in [2.45, 2.75) is 13.0 Å². The molecule has 1 N–H and O–H groups in total. The summed E-state index contributed by atoms with van der Waals surface area (Å²) in [6.45, 7) is 2.10. The van der Waals surface area contributed by atoms with E-state index in [0.717, 1.165) is 21.1 Å². The number of aromatic nitrogens is 2. The summed E-state index contributed by atoms with van der Waals surface area (Å²) in [5.41, 5.74) is 1.17. The van der Waals surface area contributed by atoms with Crippen molar-refractivity contribution in [1.82, 2.24) is 9.97 Å². The summed E-state index contributed by atoms with van der Waals surface area (Å²) < 4.78 is 0. The van der Waals surface area contributed by atoms with Crippen molar-refractivity contribution in [2.24, 2.45) is 0 Å². The summed E-state index contributed by atoms with van der Waals surface area (Å²) in [7, 11) is 0. The minimum atomic E-state index is 0.162. The first-order chi connectivity index (χ1) is 9.24. The second-order valence-corrected chi connectivity index (χ2v) is 5.61. The SMILES string of the molecule is C[C@@H](Nc1ncnc2sccc12)c1ccc(Cl)cc1. The van der Waals surface area contributed by atoms with Crippen molar-refractivity contribution in [3.63, 3.8) is 0 Å². The molecule has 0 fully saturated rings. The smallest absolute Gasteiger partial charge is 0.138 e. The Kier molecular flexibility index (Phi) is 3.36. The molecule has 0 bridgehead atoms. The summed E-state index contributed by atoms with van der Waals surface area (Å²) in [4.78, 5) is 9.56. The lowest BCUT2D eigenvalue weighted by atomic mass is 10.1. The third kappa shape index (κ3) is 2.55. The highest BCUT2D eigenvalue weighted by Crippen LogP contribution is 2.27. The van der Waals surface area contributed by atoms with Gasteiger partial charge in [0.25, 0.3) is 0 Å². The maximum atomic E-state index is 5.90. The highest BCUT2D eigenvalue weighted by molar-refractivity contribution is 7.16. The van der Waals surface area contributed by atoms with Crippen LogP contribution in [0.3, 0.4) is 0 Å². The van der Waals surface area contributed by atoms with Crippen molar-refractivity contribution in [3.8, 4) is 0 Å². The fourth-order valence-corrected chi connectivity index (χ4v) is 2.80. The highest BCUT2D eigenvalue weighted by Gasteiger charge is 2.09. The van der Waals surface area contributed by atoms with Gasteiger partial charge in [0.05, 0.1) is 5.39 Å². The van der Waals surface area contributed by atoms with Gasteiger partial charge in [0.15, 0.2) is 0 Å². The molecule has 3 rings (SSSR count). The third-order valence-electron chi connectivity index (χ3n) is 2.98. The number of nitrogens with zero attached hydrogens (tertiary/aromatic N) is 2. The summed E-state index contributed by atoms with van der Waals surface area (Å²) in [5, 5.41) is 7.26. The molecule has 0 saturated carbocycles. The van der Waals surface area contributed by atoms with Crippen LogP contribution < -0.4 is 5.32 Å². The molecule has 0 aliphatic heterocycles. The zero-order chi connectivity index (χ0) is 13.2. The van der Waals surface area contributed by atoms with Crippen LogP contribution in [0, 0.1) is 0 Å². The number of rotatable bonds is 3. The molecule has 0 unspecified atom stereocenters. The van der Waals surface area contributed by atoms with Gasteiger partial charge in [0.1, 0.15) is 17.0 Å². The fourth-order valence-electron chi connectivity index (χ4n) is 1.94. The number of nitrogens with one attached hydrogen (secondary N) is 1. The van der Waals surface area contributed by atoms with Gasteiger partial charge in [-0.05, 0) is 36.1 Å². The number of benzene rings is 1. The number of hydrogen-bond donors (Lipinski definition) is 1. The maximum Gasteiger partial charge on any atom is 0.138 e. The van der Waals surface area contributed by atoms with E-state index < -0.39 is 0 Å². The molecular formula is C14H12ClN3S. The van der Waals surface area contributed by atoms with E-state index in [9.17, 15) is 0 Å². The van der Waals surface area contributed by atoms with Gasteiger partial charge in [-0.2, -0.15) is 0 Å². The van der Waals surface area contributed by atoms with Crippen LogP contribution in [0.2, 0.25) is 5.02 Å². The van der Waals surface area contributed by atoms with Crippen LogP contribution in [0.15, 0.2) is 42.0 Å². The first-order valence-corrected chi connectivity index (χ1v) is 7.20. The Hall–Kier alpha value is -1.65. The molecule has 19 heavy (non-hydrogen) atoms. The number of thiophene rings is 1. The molecule has 0 aliphatic carbocycles. The zero-order valence-corrected chi connectivity index (χ0v) is 11.9. The Morgan fingerprint density at radius 2 is 1.95 bits per heavy atom. The van der Waals surface area contributed by atoms with Gasteiger partial charge in [-0.1, -0.05) is 23.7 Å². The Balaban J connectivity index is 1.88. The molecule has 5 heteroatoms. The number of hydrogen-bond acceptors (Lipinski definition) is 4. The molecule has 1 aromatic carbocycles. The van der Waals surface area contributed by atoms with Gasteiger partial charge in [0, 0.05) is 11.1 Å². The Morgan fingerprint density at radius 3 is 2.74 bits per heavy atom. The van der Waals surface area contributed by atoms with Gasteiger partial charge >= 0.3 is 0 Å². The third-order valence-corrected chi connectivity index (χ3v) is 4.06. The first kappa shape index (κ1) is 12.4. The van der Waals surface area contributed by atoms with Crippen LogP contribution in [-0.2, 0) is 0 Å². The molecular weight excluding hydrogens is 278 g/mol. The minimum absolute atomic E-state index is 0.162. The van der Waals surface area contributed by atoms with E-state index in [1.54, 1.807) is 17.7 Å². The molecule has 2 aromatic heterocycles. The predicted octanol–water partition coefficient (Wildman–Crippen LogP) is 4.52. The van der Waals surface area contributed by atoms with Gasteiger partial charge in [-0.15, -0.1) is 11.3 Å². The van der Waals surface area contributed by atoms with E-state index in [0.29, 0.717) is 0 Å². The molecule has 0 amide bonds. The standard InChI is InChI=1S/C14H12ClN3S/c1-9(10-2-4-11(15)5-3-10)18-13-12-6-7-19-14(12)17-8-16-13/h2-9H,1H3,(H,16,17,18)/t9-/m1/s1. The van der Waals surface area contributed by atoms with E-state index in [-0.39, 0.29) is 6.04 Å². The Bertz CT molecular complexity index is 693. The van der Waals surface area contributed by atoms with Crippen LogP contribution >= 0.6 is 22.9 Å². The van der Waals surface area contributed by atoms with E-state index in [1.807, 2.05) is 35.7 Å². The van der Waals surface area contributed by atoms with Crippen LogP contribution in [0.1, 0.15) is 18.5 Å². The molecule has 0 saturated heterocycles. The predicted molar refractivity (Wildman–Crippen MR) is 80.9 cm³/mol. The molecule has 0 spiro atoms. The van der Waals surface area contributed by atoms with Crippen LogP contribution in [0.25, 0.3) is 10.2 Å². The first-order valence-electron chi connectivity index (χ1n) is 5.94. The Morgan fingerprint density at radius 1 is 1.16 bits per heavy atom. The van der Waals surface area contributed by atoms with E-state index in [4.69, 9.17) is 11.6 Å². The van der Waals surface area contributed by atoms with Gasteiger partial charge in [-0.3, -0.25) is 0 Å². The average molecular weight is 290 g/mol. The van der Waals surface area contributed by atoms with Crippen molar-refractivity contribution in [1.29, 1.82) is 0 Å². The fraction of sp³-hybridized carbons (Fsp3) is 0.143. The number of halogens is 1. The molecule has 2 heterocycles. The van der Waals surface area contributed by atoms with Crippen LogP contribution in [-0.4, -0.2) is 9.97 Å². The molecule has 1 atom stereocenters. The summed E-state index contributed by atoms with van der Waals surface area (Å²) >= 11 is 7.52. The van der Waals surface area contributed by atoms with Crippen LogP contribution in [0.5, 0.6) is 0 Å². The maximum absolute atomic E-state index is 5.90. The monoisotopic (exact) mass is 289 g/mol. The molecule has 3 aromatic rings. The average Bonchev–Trinajstić information content (AvgIpc) is 2.89. The van der Waals surface area contributed by atoms with Crippen molar-refractivity contribution >= 4 is 39.0 Å². The minimum Gasteiger partial charge on any atom is -0.363 e. The summed E-state index contributed by atoms with van der Waals surface area (Å²) in [5.74, 6) is 0.869. The molecule has 96 valence electrons. The summed E-state index contributed by atoms with van der Waals surface area (Å²) in [6, 6.07) is 10.0. The lowest BCUT2D eigenvalue weighted by molar-refractivity contribution is 0.876. The van der Waals surface area contributed by atoms with Crippen molar-refractivity contribution in [2.75, 3.05) is 5.32 Å². The quantitative estimate of drug-likeness (QED) is 0.770. The second kappa shape index (κ2) is 5.15. The largest absolute Gasteiger partial charge is 0.363 e. The normalized spacial score (nSPS) is 12.5. The Labute approximate surface area is 120 Å². The van der Waals surface area contributed by atoms with Gasteiger partial charge in [0.2, 0.25) is 0 Å². The number of fused-ring (bicyclic) bond motifs is 1. The van der Waals surface area contributed by atoms with Gasteiger partial charge in [-0.25, -0.2) is 9.97 Å². The van der Waals surface area contributed by atoms with E-state index >= 15 is 0 Å². The topological polar surface area (TPSA) is 37.8 Å². The second-order valence-electron chi connectivity index (χ2n) is 4.28. The van der Waals surface area contributed by atoms with Gasteiger partial charge < -0.3 is 5.32 Å². The molecule has 0 radical (unpaired) electrons. The zero-order valence-electron chi connectivity index (χ0n) is 10.3.